The molecule has 1 unspecified atom stereocenters. The zero-order valence-corrected chi connectivity index (χ0v) is 12.4. The molecule has 0 aliphatic heterocycles. The van der Waals surface area contributed by atoms with E-state index in [1.54, 1.807) is 0 Å². The van der Waals surface area contributed by atoms with Crippen LogP contribution in [0.5, 0.6) is 0 Å². The van der Waals surface area contributed by atoms with Crippen molar-refractivity contribution in [3.63, 3.8) is 0 Å². The van der Waals surface area contributed by atoms with Gasteiger partial charge in [0.05, 0.1) is 18.3 Å². The lowest BCUT2D eigenvalue weighted by atomic mass is 9.94. The molecule has 1 aromatic rings. The summed E-state index contributed by atoms with van der Waals surface area (Å²) in [6.45, 7) is 7.19. The summed E-state index contributed by atoms with van der Waals surface area (Å²) in [6.07, 6.45) is 6.08. The first-order valence-electron chi connectivity index (χ1n) is 7.41. The number of nitrogens with zero attached hydrogens (tertiary/aromatic N) is 2. The van der Waals surface area contributed by atoms with Gasteiger partial charge in [-0.15, -0.1) is 0 Å². The Labute approximate surface area is 115 Å². The van der Waals surface area contributed by atoms with Crippen molar-refractivity contribution in [2.75, 3.05) is 6.54 Å². The molecule has 0 bridgehead atoms. The topological polar surface area (TPSA) is 49.5 Å². The van der Waals surface area contributed by atoms with Crippen molar-refractivity contribution >= 4 is 0 Å². The van der Waals surface area contributed by atoms with E-state index < -0.39 is 0 Å². The third-order valence-corrected chi connectivity index (χ3v) is 4.00. The monoisotopic (exact) mass is 266 g/mol. The minimum Gasteiger partial charge on any atom is -0.444 e. The molecule has 1 saturated carbocycles. The summed E-state index contributed by atoms with van der Waals surface area (Å²) >= 11 is 0. The van der Waals surface area contributed by atoms with Crippen LogP contribution in [-0.4, -0.2) is 33.7 Å². The van der Waals surface area contributed by atoms with Gasteiger partial charge >= 0.3 is 0 Å². The minimum absolute atomic E-state index is 0.306. The van der Waals surface area contributed by atoms with Crippen LogP contribution in [0.4, 0.5) is 0 Å². The standard InChI is InChI=1S/C15H26N2O2/c1-11(18)9-17(14-7-5-4-6-8-14)10-15-16-12(2)13(3)19-15/h11,14,18H,4-10H2,1-3H3. The van der Waals surface area contributed by atoms with Crippen molar-refractivity contribution in [1.29, 1.82) is 0 Å². The average molecular weight is 266 g/mol. The maximum Gasteiger partial charge on any atom is 0.208 e. The Balaban J connectivity index is 2.03. The first-order chi connectivity index (χ1) is 9.06. The summed E-state index contributed by atoms with van der Waals surface area (Å²) in [7, 11) is 0. The van der Waals surface area contributed by atoms with Gasteiger partial charge in [0, 0.05) is 12.6 Å². The smallest absolute Gasteiger partial charge is 0.208 e. The van der Waals surface area contributed by atoms with Gasteiger partial charge in [-0.2, -0.15) is 0 Å². The predicted molar refractivity (Wildman–Crippen MR) is 74.9 cm³/mol. The van der Waals surface area contributed by atoms with Crippen molar-refractivity contribution in [2.24, 2.45) is 0 Å². The molecule has 1 fully saturated rings. The third-order valence-electron chi connectivity index (χ3n) is 4.00. The molecule has 0 radical (unpaired) electrons. The predicted octanol–water partition coefficient (Wildman–Crippen LogP) is 2.81. The molecule has 1 N–H and O–H groups in total. The van der Waals surface area contributed by atoms with Gasteiger partial charge in [0.25, 0.3) is 0 Å². The lowest BCUT2D eigenvalue weighted by Gasteiger charge is -2.34. The Morgan fingerprint density at radius 1 is 1.32 bits per heavy atom. The van der Waals surface area contributed by atoms with E-state index in [-0.39, 0.29) is 6.10 Å². The summed E-state index contributed by atoms with van der Waals surface area (Å²) in [6, 6.07) is 0.566. The van der Waals surface area contributed by atoms with Crippen LogP contribution in [0, 0.1) is 13.8 Å². The first kappa shape index (κ1) is 14.5. The Bertz CT molecular complexity index is 375. The Hall–Kier alpha value is -0.870. The summed E-state index contributed by atoms with van der Waals surface area (Å²) in [5.41, 5.74) is 0.968. The van der Waals surface area contributed by atoms with Gasteiger partial charge in [-0.3, -0.25) is 4.90 Å². The van der Waals surface area contributed by atoms with Gasteiger partial charge in [0.15, 0.2) is 0 Å². The SMILES string of the molecule is Cc1nc(CN(CC(C)O)C2CCCCC2)oc1C. The third kappa shape index (κ3) is 4.05. The highest BCUT2D eigenvalue weighted by atomic mass is 16.4. The molecule has 2 rings (SSSR count). The zero-order valence-electron chi connectivity index (χ0n) is 12.4. The second-order valence-corrected chi connectivity index (χ2v) is 5.82. The second-order valence-electron chi connectivity index (χ2n) is 5.82. The molecule has 0 saturated heterocycles. The molecule has 108 valence electrons. The number of aliphatic hydroxyl groups is 1. The molecule has 1 aromatic heterocycles. The van der Waals surface area contributed by atoms with Gasteiger partial charge in [0.2, 0.25) is 5.89 Å². The zero-order chi connectivity index (χ0) is 13.8. The van der Waals surface area contributed by atoms with Gasteiger partial charge in [0.1, 0.15) is 5.76 Å². The molecule has 19 heavy (non-hydrogen) atoms. The molecule has 4 nitrogen and oxygen atoms in total. The minimum atomic E-state index is -0.306. The van der Waals surface area contributed by atoms with Crippen LogP contribution in [0.25, 0.3) is 0 Å². The number of aliphatic hydroxyl groups excluding tert-OH is 1. The first-order valence-corrected chi connectivity index (χ1v) is 7.41. The van der Waals surface area contributed by atoms with E-state index in [0.29, 0.717) is 19.1 Å². The number of aryl methyl sites for hydroxylation is 2. The summed E-state index contributed by atoms with van der Waals surface area (Å²) < 4.78 is 5.68. The fourth-order valence-corrected chi connectivity index (χ4v) is 2.91. The normalized spacial score (nSPS) is 19.0. The average Bonchev–Trinajstić information content (AvgIpc) is 2.68. The molecule has 0 aromatic carbocycles. The maximum absolute atomic E-state index is 9.70. The number of hydrogen-bond donors (Lipinski definition) is 1. The lowest BCUT2D eigenvalue weighted by Crippen LogP contribution is -2.40. The van der Waals surface area contributed by atoms with Crippen LogP contribution in [0.2, 0.25) is 0 Å². The van der Waals surface area contributed by atoms with Crippen molar-refractivity contribution in [2.45, 2.75) is 71.6 Å². The summed E-state index contributed by atoms with van der Waals surface area (Å²) in [5, 5.41) is 9.70. The fourth-order valence-electron chi connectivity index (χ4n) is 2.91. The largest absolute Gasteiger partial charge is 0.444 e. The van der Waals surface area contributed by atoms with E-state index in [1.165, 1.54) is 32.1 Å². The summed E-state index contributed by atoms with van der Waals surface area (Å²) in [4.78, 5) is 6.80. The van der Waals surface area contributed by atoms with Gasteiger partial charge in [-0.05, 0) is 33.6 Å². The van der Waals surface area contributed by atoms with E-state index in [2.05, 4.69) is 9.88 Å². The molecule has 4 heteroatoms. The van der Waals surface area contributed by atoms with Crippen molar-refractivity contribution in [3.8, 4) is 0 Å². The Morgan fingerprint density at radius 3 is 2.53 bits per heavy atom. The quantitative estimate of drug-likeness (QED) is 0.890. The second kappa shape index (κ2) is 6.53. The number of rotatable bonds is 5. The number of oxazole rings is 1. The van der Waals surface area contributed by atoms with E-state index in [4.69, 9.17) is 4.42 Å². The highest BCUT2D eigenvalue weighted by Gasteiger charge is 2.24. The number of hydrogen-bond acceptors (Lipinski definition) is 4. The molecule has 1 heterocycles. The molecular formula is C15H26N2O2. The van der Waals surface area contributed by atoms with Crippen LogP contribution in [0.1, 0.15) is 56.4 Å². The molecule has 0 spiro atoms. The van der Waals surface area contributed by atoms with Crippen molar-refractivity contribution in [1.82, 2.24) is 9.88 Å². The van der Waals surface area contributed by atoms with E-state index in [0.717, 1.165) is 17.3 Å². The molecule has 1 aliphatic rings. The van der Waals surface area contributed by atoms with Crippen LogP contribution >= 0.6 is 0 Å². The van der Waals surface area contributed by atoms with E-state index in [9.17, 15) is 5.11 Å². The Morgan fingerprint density at radius 2 is 2.00 bits per heavy atom. The molecule has 1 atom stereocenters. The van der Waals surface area contributed by atoms with Gasteiger partial charge < -0.3 is 9.52 Å². The molecule has 0 amide bonds. The molecule has 1 aliphatic carbocycles. The van der Waals surface area contributed by atoms with Crippen LogP contribution in [0.15, 0.2) is 4.42 Å². The van der Waals surface area contributed by atoms with Crippen molar-refractivity contribution in [3.05, 3.63) is 17.3 Å². The highest BCUT2D eigenvalue weighted by Crippen LogP contribution is 2.24. The van der Waals surface area contributed by atoms with Crippen LogP contribution < -0.4 is 0 Å². The van der Waals surface area contributed by atoms with Gasteiger partial charge in [-0.1, -0.05) is 19.3 Å². The van der Waals surface area contributed by atoms with Crippen LogP contribution in [-0.2, 0) is 6.54 Å². The Kier molecular flexibility index (Phi) is 4.99. The van der Waals surface area contributed by atoms with E-state index >= 15 is 0 Å². The van der Waals surface area contributed by atoms with Gasteiger partial charge in [-0.25, -0.2) is 4.98 Å². The summed E-state index contributed by atoms with van der Waals surface area (Å²) in [5.74, 6) is 1.68. The van der Waals surface area contributed by atoms with Crippen molar-refractivity contribution < 1.29 is 9.52 Å². The lowest BCUT2D eigenvalue weighted by molar-refractivity contribution is 0.0703. The highest BCUT2D eigenvalue weighted by molar-refractivity contribution is 5.05. The van der Waals surface area contributed by atoms with Crippen LogP contribution in [0.3, 0.4) is 0 Å². The molecular weight excluding hydrogens is 240 g/mol. The number of aromatic nitrogens is 1. The fraction of sp³-hybridized carbons (Fsp3) is 0.800. The van der Waals surface area contributed by atoms with E-state index in [1.807, 2.05) is 20.8 Å². The maximum atomic E-state index is 9.70.